The molecule has 1 aliphatic rings. The van der Waals surface area contributed by atoms with E-state index in [2.05, 4.69) is 30.8 Å². The van der Waals surface area contributed by atoms with Gasteiger partial charge in [0, 0.05) is 74.9 Å². The van der Waals surface area contributed by atoms with Gasteiger partial charge in [0.15, 0.2) is 0 Å². The highest BCUT2D eigenvalue weighted by atomic mass is 19.1. The number of benzene rings is 3. The van der Waals surface area contributed by atoms with Crippen molar-refractivity contribution in [3.05, 3.63) is 99.9 Å². The van der Waals surface area contributed by atoms with Crippen LogP contribution in [0.2, 0.25) is 0 Å². The van der Waals surface area contributed by atoms with Crippen LogP contribution < -0.4 is 31.5 Å². The molecule has 1 saturated heterocycles. The number of hydrogen-bond acceptors (Lipinski definition) is 13. The highest BCUT2D eigenvalue weighted by molar-refractivity contribution is 5.95. The fraction of sp³-hybridized carbons (Fsp3) is 0.333. The van der Waals surface area contributed by atoms with E-state index < -0.39 is 4.92 Å². The van der Waals surface area contributed by atoms with Gasteiger partial charge in [-0.25, -0.2) is 4.39 Å². The zero-order chi connectivity index (χ0) is 34.4. The van der Waals surface area contributed by atoms with E-state index in [1.165, 1.54) is 24.3 Å². The fourth-order valence-corrected chi connectivity index (χ4v) is 4.99. The standard InChI is InChI=1S/C33H39FN10O5/c34-26-6-4-24(5-7-26)23-37-31-39-32(38-27-3-1-2-25(22-27)30(45)36-13-19-49-21-20-48-18-12-35)41-33(40-31)43-16-14-42(15-17-43)28-8-10-29(11-9-28)44(46)47/h1-11,22H,12-21,23,35H2,(H,36,45)(H2,37,38,39,40,41). The van der Waals surface area contributed by atoms with Crippen molar-refractivity contribution in [1.82, 2.24) is 20.3 Å². The number of halogens is 1. The highest BCUT2D eigenvalue weighted by Gasteiger charge is 2.22. The number of non-ortho nitro benzene ring substituents is 1. The summed E-state index contributed by atoms with van der Waals surface area (Å²) in [6, 6.07) is 19.6. The van der Waals surface area contributed by atoms with Gasteiger partial charge in [0.05, 0.1) is 31.4 Å². The highest BCUT2D eigenvalue weighted by Crippen LogP contribution is 2.24. The van der Waals surface area contributed by atoms with Crippen LogP contribution in [0.25, 0.3) is 0 Å². The number of amides is 1. The first kappa shape index (κ1) is 34.9. The number of nitrogens with one attached hydrogen (secondary N) is 3. The largest absolute Gasteiger partial charge is 0.378 e. The molecule has 1 fully saturated rings. The SMILES string of the molecule is NCCOCCOCCNC(=O)c1cccc(Nc2nc(NCc3ccc(F)cc3)nc(N3CCN(c4ccc([N+](=O)[O-])cc4)CC3)n2)c1. The molecule has 0 spiro atoms. The molecular formula is C33H39FN10O5. The second-order valence-corrected chi connectivity index (χ2v) is 11.0. The molecule has 258 valence electrons. The van der Waals surface area contributed by atoms with Crippen molar-refractivity contribution in [2.45, 2.75) is 6.54 Å². The van der Waals surface area contributed by atoms with E-state index in [4.69, 9.17) is 20.2 Å². The first-order valence-electron chi connectivity index (χ1n) is 15.9. The number of anilines is 5. The van der Waals surface area contributed by atoms with E-state index in [0.717, 1.165) is 11.3 Å². The number of rotatable bonds is 17. The molecule has 0 bridgehead atoms. The molecule has 2 heterocycles. The number of nitro benzene ring substituents is 1. The lowest BCUT2D eigenvalue weighted by Gasteiger charge is -2.36. The molecule has 1 amide bonds. The number of aromatic nitrogens is 3. The Hall–Kier alpha value is -5.45. The molecule has 49 heavy (non-hydrogen) atoms. The smallest absolute Gasteiger partial charge is 0.269 e. The number of ether oxygens (including phenoxy) is 2. The molecule has 5 N–H and O–H groups in total. The van der Waals surface area contributed by atoms with Crippen molar-refractivity contribution in [3.8, 4) is 0 Å². The van der Waals surface area contributed by atoms with Crippen molar-refractivity contribution in [2.24, 2.45) is 5.73 Å². The van der Waals surface area contributed by atoms with Crippen LogP contribution in [-0.4, -0.2) is 91.5 Å². The van der Waals surface area contributed by atoms with E-state index in [0.29, 0.717) is 95.4 Å². The maximum absolute atomic E-state index is 13.4. The van der Waals surface area contributed by atoms with Gasteiger partial charge < -0.3 is 41.0 Å². The van der Waals surface area contributed by atoms with E-state index in [1.807, 2.05) is 4.90 Å². The van der Waals surface area contributed by atoms with Crippen LogP contribution in [-0.2, 0) is 16.0 Å². The number of nitro groups is 1. The van der Waals surface area contributed by atoms with Crippen molar-refractivity contribution in [3.63, 3.8) is 0 Å². The van der Waals surface area contributed by atoms with Crippen LogP contribution in [0.5, 0.6) is 0 Å². The Bertz CT molecular complexity index is 1670. The number of nitrogens with two attached hydrogens (primary N) is 1. The molecule has 1 aliphatic heterocycles. The second-order valence-electron chi connectivity index (χ2n) is 11.0. The predicted molar refractivity (Wildman–Crippen MR) is 184 cm³/mol. The maximum Gasteiger partial charge on any atom is 0.269 e. The molecule has 4 aromatic rings. The summed E-state index contributed by atoms with van der Waals surface area (Å²) in [5.74, 6) is 0.461. The Morgan fingerprint density at radius 2 is 1.57 bits per heavy atom. The van der Waals surface area contributed by atoms with Crippen molar-refractivity contribution < 1.29 is 23.6 Å². The monoisotopic (exact) mass is 674 g/mol. The van der Waals surface area contributed by atoms with Crippen molar-refractivity contribution in [1.29, 1.82) is 0 Å². The van der Waals surface area contributed by atoms with Crippen LogP contribution in [0.15, 0.2) is 72.8 Å². The second kappa shape index (κ2) is 17.6. The Balaban J connectivity index is 1.24. The Morgan fingerprint density at radius 3 is 2.29 bits per heavy atom. The molecule has 0 radical (unpaired) electrons. The van der Waals surface area contributed by atoms with Gasteiger partial charge in [0.25, 0.3) is 11.6 Å². The minimum atomic E-state index is -0.415. The van der Waals surface area contributed by atoms with Crippen LogP contribution in [0, 0.1) is 15.9 Å². The number of piperazine rings is 1. The van der Waals surface area contributed by atoms with Gasteiger partial charge in [-0.3, -0.25) is 14.9 Å². The van der Waals surface area contributed by atoms with E-state index >= 15 is 0 Å². The summed E-state index contributed by atoms with van der Waals surface area (Å²) < 4.78 is 24.2. The van der Waals surface area contributed by atoms with Gasteiger partial charge >= 0.3 is 0 Å². The maximum atomic E-state index is 13.4. The normalized spacial score (nSPS) is 12.9. The molecule has 15 nitrogen and oxygen atoms in total. The van der Waals surface area contributed by atoms with Gasteiger partial charge in [-0.15, -0.1) is 0 Å². The summed E-state index contributed by atoms with van der Waals surface area (Å²) in [5, 5.41) is 20.3. The van der Waals surface area contributed by atoms with Crippen LogP contribution >= 0.6 is 0 Å². The summed E-state index contributed by atoms with van der Waals surface area (Å²) in [6.07, 6.45) is 0. The zero-order valence-electron chi connectivity index (χ0n) is 26.9. The Kier molecular flexibility index (Phi) is 12.5. The minimum Gasteiger partial charge on any atom is -0.378 e. The Morgan fingerprint density at radius 1 is 0.878 bits per heavy atom. The minimum absolute atomic E-state index is 0.0465. The van der Waals surface area contributed by atoms with E-state index in [-0.39, 0.29) is 23.4 Å². The van der Waals surface area contributed by atoms with Crippen LogP contribution in [0.4, 0.5) is 39.3 Å². The third-order valence-corrected chi connectivity index (χ3v) is 7.52. The third-order valence-electron chi connectivity index (χ3n) is 7.52. The lowest BCUT2D eigenvalue weighted by Crippen LogP contribution is -2.47. The van der Waals surface area contributed by atoms with Crippen LogP contribution in [0.3, 0.4) is 0 Å². The summed E-state index contributed by atoms with van der Waals surface area (Å²) in [5.41, 5.74) is 8.23. The number of carbonyl (C=O) groups is 1. The summed E-state index contributed by atoms with van der Waals surface area (Å²) in [4.78, 5) is 41.6. The molecule has 0 unspecified atom stereocenters. The topological polar surface area (TPSA) is 186 Å². The van der Waals surface area contributed by atoms with Gasteiger partial charge in [0.1, 0.15) is 5.82 Å². The molecule has 3 aromatic carbocycles. The van der Waals surface area contributed by atoms with Crippen molar-refractivity contribution >= 4 is 40.8 Å². The van der Waals surface area contributed by atoms with Gasteiger partial charge in [-0.2, -0.15) is 15.0 Å². The number of hydrogen-bond donors (Lipinski definition) is 4. The zero-order valence-corrected chi connectivity index (χ0v) is 26.9. The van der Waals surface area contributed by atoms with Gasteiger partial charge in [-0.05, 0) is 48.0 Å². The molecule has 1 aromatic heterocycles. The molecule has 0 atom stereocenters. The summed E-state index contributed by atoms with van der Waals surface area (Å²) in [6.45, 7) is 5.33. The van der Waals surface area contributed by atoms with E-state index in [1.54, 1.807) is 48.5 Å². The lowest BCUT2D eigenvalue weighted by atomic mass is 10.2. The molecular weight excluding hydrogens is 635 g/mol. The number of carbonyl (C=O) groups excluding carboxylic acids is 1. The fourth-order valence-electron chi connectivity index (χ4n) is 4.99. The molecule has 0 aliphatic carbocycles. The first-order chi connectivity index (χ1) is 23.9. The molecule has 16 heteroatoms. The lowest BCUT2D eigenvalue weighted by molar-refractivity contribution is -0.384. The van der Waals surface area contributed by atoms with Crippen LogP contribution in [0.1, 0.15) is 15.9 Å². The average molecular weight is 675 g/mol. The van der Waals surface area contributed by atoms with E-state index in [9.17, 15) is 19.3 Å². The van der Waals surface area contributed by atoms with Gasteiger partial charge in [-0.1, -0.05) is 18.2 Å². The van der Waals surface area contributed by atoms with Gasteiger partial charge in [0.2, 0.25) is 17.8 Å². The molecule has 0 saturated carbocycles. The quantitative estimate of drug-likeness (QED) is 0.0727. The first-order valence-corrected chi connectivity index (χ1v) is 15.9. The number of nitrogens with zero attached hydrogens (tertiary/aromatic N) is 6. The molecule has 5 rings (SSSR count). The summed E-state index contributed by atoms with van der Waals surface area (Å²) >= 11 is 0. The van der Waals surface area contributed by atoms with Crippen molar-refractivity contribution in [2.75, 3.05) is 86.1 Å². The predicted octanol–water partition coefficient (Wildman–Crippen LogP) is 3.32. The third kappa shape index (κ3) is 10.5. The summed E-state index contributed by atoms with van der Waals surface area (Å²) in [7, 11) is 0. The average Bonchev–Trinajstić information content (AvgIpc) is 3.12. The Labute approximate surface area is 282 Å².